The smallest absolute Gasteiger partial charge is 0 e. The molecule has 44 valence electrons. The molecule has 0 aliphatic rings. The minimum Gasteiger partial charge on any atom is 0 e. The number of hydrogen-bond donors (Lipinski definition) is 0. The molecule has 0 aliphatic heterocycles. The predicted octanol–water partition coefficient (Wildman–Crippen LogP) is -0.393. The van der Waals surface area contributed by atoms with E-state index in [0.717, 1.165) is 0 Å². The van der Waals surface area contributed by atoms with Crippen LogP contribution in [0.3, 0.4) is 0 Å². The van der Waals surface area contributed by atoms with E-state index in [0.29, 0.717) is 0 Å². The first-order valence-corrected chi connectivity index (χ1v) is 0. The van der Waals surface area contributed by atoms with Gasteiger partial charge in [0.25, 0.3) is 0 Å². The Bertz CT molecular complexity index is 19.7. The van der Waals surface area contributed by atoms with Crippen molar-refractivity contribution in [3.63, 3.8) is 0 Å². The van der Waals surface area contributed by atoms with Crippen LogP contribution in [-0.2, 0) is 98.0 Å². The van der Waals surface area contributed by atoms with E-state index in [1.807, 2.05) is 0 Å². The van der Waals surface area contributed by atoms with E-state index in [-0.39, 0.29) is 147 Å². The second-order valence-electron chi connectivity index (χ2n) is 0. The molecule has 0 atom stereocenters. The zero-order valence-electron chi connectivity index (χ0n) is 2.96. The van der Waals surface area contributed by atoms with E-state index in [4.69, 9.17) is 0 Å². The van der Waals surface area contributed by atoms with Crippen molar-refractivity contribution in [3.8, 4) is 0 Å². The van der Waals surface area contributed by atoms with Crippen LogP contribution >= 0.6 is 0 Å². The van der Waals surface area contributed by atoms with Crippen LogP contribution < -0.4 is 0 Å². The number of hydrogen-bond acceptors (Lipinski definition) is 0. The van der Waals surface area contributed by atoms with Crippen LogP contribution in [-0.4, -0.2) is 8.41 Å². The summed E-state index contributed by atoms with van der Waals surface area (Å²) >= 11 is 0. The zero-order valence-corrected chi connectivity index (χ0v) is 16.7. The molecule has 0 rings (SSSR count). The monoisotopic (exact) mass is 827 g/mol. The maximum absolute atomic E-state index is 0. The third kappa shape index (κ3) is 37.3. The van der Waals surface area contributed by atoms with Crippen LogP contribution in [0.2, 0.25) is 0 Å². The molecule has 6 radical (unpaired) electrons. The fourth-order valence-corrected chi connectivity index (χ4v) is 0. The Morgan fingerprint density at radius 2 is 1.00 bits per heavy atom. The van der Waals surface area contributed by atoms with Gasteiger partial charge in [-0.25, -0.2) is 0 Å². The fourth-order valence-electron chi connectivity index (χ4n) is 0. The molecule has 0 unspecified atom stereocenters. The molecule has 0 heterocycles. The summed E-state index contributed by atoms with van der Waals surface area (Å²) in [6, 6.07) is 0. The van der Waals surface area contributed by atoms with E-state index in [9.17, 15) is 0 Å². The standard InChI is InChI=1S/B.Co.Cr.Nd.Pt.Re.Ta. The zero-order chi connectivity index (χ0) is 0. The molecule has 0 fully saturated rings. The molecule has 0 aliphatic carbocycles. The second-order valence-corrected chi connectivity index (χ2v) is 0. The van der Waals surface area contributed by atoms with Crippen molar-refractivity contribution >= 4 is 8.41 Å². The van der Waals surface area contributed by atoms with Crippen LogP contribution in [0.1, 0.15) is 0 Å². The van der Waals surface area contributed by atoms with Crippen molar-refractivity contribution in [2.75, 3.05) is 0 Å². The van der Waals surface area contributed by atoms with Crippen molar-refractivity contribution < 1.29 is 139 Å². The van der Waals surface area contributed by atoms with E-state index in [2.05, 4.69) is 0 Å². The van der Waals surface area contributed by atoms with Gasteiger partial charge in [0.2, 0.25) is 0 Å². The summed E-state index contributed by atoms with van der Waals surface area (Å²) in [5, 5.41) is 0. The Hall–Kier alpha value is 4.55. The van der Waals surface area contributed by atoms with Crippen molar-refractivity contribution in [3.05, 3.63) is 0 Å². The van der Waals surface area contributed by atoms with E-state index < -0.39 is 0 Å². The van der Waals surface area contributed by atoms with Gasteiger partial charge in [-0.15, -0.1) is 0 Å². The van der Waals surface area contributed by atoms with Crippen LogP contribution in [0, 0.1) is 40.8 Å². The first-order valence-electron chi connectivity index (χ1n) is 0. The molecule has 0 spiro atoms. The van der Waals surface area contributed by atoms with Gasteiger partial charge >= 0.3 is 0 Å². The largest absolute Gasteiger partial charge is 0 e. The van der Waals surface area contributed by atoms with E-state index in [1.54, 1.807) is 0 Å². The van der Waals surface area contributed by atoms with Crippen LogP contribution in [0.25, 0.3) is 0 Å². The average molecular weight is 828 g/mol. The van der Waals surface area contributed by atoms with E-state index in [1.165, 1.54) is 0 Å². The van der Waals surface area contributed by atoms with Gasteiger partial charge < -0.3 is 0 Å². The molecule has 7 heteroatoms. The minimum atomic E-state index is 0. The topological polar surface area (TPSA) is 0 Å². The first kappa shape index (κ1) is 62.1. The molecule has 0 amide bonds. The average Bonchev–Trinajstić information content (AvgIpc) is 0. The van der Waals surface area contributed by atoms with Gasteiger partial charge in [-0.1, -0.05) is 0 Å². The quantitative estimate of drug-likeness (QED) is 0.293. The fraction of sp³-hybridized carbons (Fsp3) is 0. The van der Waals surface area contributed by atoms with E-state index >= 15 is 0 Å². The molecule has 0 nitrogen and oxygen atoms in total. The van der Waals surface area contributed by atoms with Gasteiger partial charge in [0.1, 0.15) is 0 Å². The molecule has 0 bridgehead atoms. The van der Waals surface area contributed by atoms with Crippen LogP contribution in [0.5, 0.6) is 0 Å². The van der Waals surface area contributed by atoms with Gasteiger partial charge in [-0.05, 0) is 0 Å². The summed E-state index contributed by atoms with van der Waals surface area (Å²) in [6.07, 6.45) is 0. The summed E-state index contributed by atoms with van der Waals surface area (Å²) in [4.78, 5) is 0. The predicted molar refractivity (Wildman–Crippen MR) is 5.75 cm³/mol. The second kappa shape index (κ2) is 46.5. The minimum absolute atomic E-state index is 0. The molecule has 0 saturated carbocycles. The van der Waals surface area contributed by atoms with Gasteiger partial charge in [-0.3, -0.25) is 0 Å². The maximum atomic E-state index is 0. The third-order valence-corrected chi connectivity index (χ3v) is 0. The SMILES string of the molecule is [B].[Co].[Cr].[Nd].[Pt].[Re].[Ta]. The van der Waals surface area contributed by atoms with Gasteiger partial charge in [0.15, 0.2) is 0 Å². The molecule has 0 aromatic rings. The van der Waals surface area contributed by atoms with Gasteiger partial charge in [-0.2, -0.15) is 0 Å². The Kier molecular flexibility index (Phi) is 413. The molecule has 0 aromatic heterocycles. The summed E-state index contributed by atoms with van der Waals surface area (Å²) in [7, 11) is 0. The summed E-state index contributed by atoms with van der Waals surface area (Å²) in [6.45, 7) is 0. The van der Waals surface area contributed by atoms with Gasteiger partial charge in [0.05, 0.1) is 0 Å². The third-order valence-electron chi connectivity index (χ3n) is 0. The first-order chi connectivity index (χ1) is 0. The number of rotatable bonds is 0. The molecular formula is BCoCrNdPtReTa. The van der Waals surface area contributed by atoms with Crippen molar-refractivity contribution in [1.29, 1.82) is 0 Å². The molecule has 0 aromatic carbocycles. The Balaban J connectivity index is 0. The molecular weight excluding hydrogens is 828 g/mol. The van der Waals surface area contributed by atoms with Gasteiger partial charge in [0, 0.05) is 147 Å². The molecule has 0 saturated heterocycles. The summed E-state index contributed by atoms with van der Waals surface area (Å²) in [5.74, 6) is 0. The normalized spacial score (nSPS) is 0. The van der Waals surface area contributed by atoms with Crippen molar-refractivity contribution in [2.24, 2.45) is 0 Å². The Morgan fingerprint density at radius 1 is 1.00 bits per heavy atom. The van der Waals surface area contributed by atoms with Crippen LogP contribution in [0.4, 0.5) is 0 Å². The Morgan fingerprint density at radius 3 is 1.00 bits per heavy atom. The molecule has 7 heavy (non-hydrogen) atoms. The maximum Gasteiger partial charge on any atom is 0 e. The van der Waals surface area contributed by atoms with Crippen LogP contribution in [0.15, 0.2) is 0 Å². The summed E-state index contributed by atoms with van der Waals surface area (Å²) in [5.41, 5.74) is 0. The Labute approximate surface area is 144 Å². The van der Waals surface area contributed by atoms with Crippen molar-refractivity contribution in [2.45, 2.75) is 0 Å². The summed E-state index contributed by atoms with van der Waals surface area (Å²) < 4.78 is 0. The molecule has 0 N–H and O–H groups in total. The van der Waals surface area contributed by atoms with Crippen molar-refractivity contribution in [1.82, 2.24) is 0 Å².